The molecule has 0 saturated carbocycles. The molecule has 1 aliphatic rings. The van der Waals surface area contributed by atoms with Gasteiger partial charge in [-0.1, -0.05) is 11.6 Å². The molecule has 25 heavy (non-hydrogen) atoms. The van der Waals surface area contributed by atoms with Crippen LogP contribution < -0.4 is 0 Å². The number of carboxylic acid groups (broad SMARTS) is 1. The van der Waals surface area contributed by atoms with E-state index >= 15 is 0 Å². The molecule has 3 rings (SSSR count). The third-order valence-corrected chi connectivity index (χ3v) is 5.38. The molecule has 0 spiro atoms. The number of benzene rings is 1. The van der Waals surface area contributed by atoms with Crippen molar-refractivity contribution in [2.45, 2.75) is 45.3 Å². The molecule has 1 aromatic heterocycles. The standard InChI is InChI=1S/C18H23ClN4O2/c1-11-8-14(18(24)25)9-12(2)23(11)10-16-20-21-17(22(16)3)13-4-6-15(19)7-5-13/h4-7,11-12,14H,8-10H2,1-3H3,(H,24,25). The molecule has 7 heteroatoms. The summed E-state index contributed by atoms with van der Waals surface area (Å²) in [4.78, 5) is 13.6. The lowest BCUT2D eigenvalue weighted by molar-refractivity contribution is -0.145. The molecule has 1 N–H and O–H groups in total. The van der Waals surface area contributed by atoms with Gasteiger partial charge in [0.15, 0.2) is 5.82 Å². The van der Waals surface area contributed by atoms with E-state index in [-0.39, 0.29) is 18.0 Å². The zero-order valence-electron chi connectivity index (χ0n) is 14.7. The number of halogens is 1. The van der Waals surface area contributed by atoms with E-state index < -0.39 is 5.97 Å². The first-order valence-electron chi connectivity index (χ1n) is 8.49. The van der Waals surface area contributed by atoms with Crippen molar-refractivity contribution in [1.82, 2.24) is 19.7 Å². The van der Waals surface area contributed by atoms with Crippen LogP contribution in [0.5, 0.6) is 0 Å². The highest BCUT2D eigenvalue weighted by atomic mass is 35.5. The number of carboxylic acids is 1. The van der Waals surface area contributed by atoms with Crippen LogP contribution in [0.1, 0.15) is 32.5 Å². The summed E-state index contributed by atoms with van der Waals surface area (Å²) in [5.74, 6) is 0.720. The number of hydrogen-bond donors (Lipinski definition) is 1. The number of hydrogen-bond acceptors (Lipinski definition) is 4. The Morgan fingerprint density at radius 3 is 2.36 bits per heavy atom. The first-order valence-corrected chi connectivity index (χ1v) is 8.87. The van der Waals surface area contributed by atoms with Gasteiger partial charge in [-0.2, -0.15) is 0 Å². The molecule has 1 aliphatic heterocycles. The van der Waals surface area contributed by atoms with Gasteiger partial charge in [-0.25, -0.2) is 0 Å². The van der Waals surface area contributed by atoms with E-state index in [9.17, 15) is 9.90 Å². The van der Waals surface area contributed by atoms with Crippen molar-refractivity contribution >= 4 is 17.6 Å². The normalized spacial score (nSPS) is 24.4. The van der Waals surface area contributed by atoms with Crippen LogP contribution in [0, 0.1) is 5.92 Å². The summed E-state index contributed by atoms with van der Waals surface area (Å²) in [5.41, 5.74) is 0.969. The first kappa shape index (κ1) is 17.9. The lowest BCUT2D eigenvalue weighted by atomic mass is 9.87. The zero-order valence-corrected chi connectivity index (χ0v) is 15.4. The fourth-order valence-electron chi connectivity index (χ4n) is 3.65. The average Bonchev–Trinajstić information content (AvgIpc) is 2.92. The van der Waals surface area contributed by atoms with Crippen molar-refractivity contribution < 1.29 is 9.90 Å². The van der Waals surface area contributed by atoms with Gasteiger partial charge in [-0.15, -0.1) is 10.2 Å². The molecule has 2 heterocycles. The van der Waals surface area contributed by atoms with Crippen molar-refractivity contribution in [1.29, 1.82) is 0 Å². The molecule has 6 nitrogen and oxygen atoms in total. The zero-order chi connectivity index (χ0) is 18.1. The van der Waals surface area contributed by atoms with Crippen LogP contribution in [-0.2, 0) is 18.4 Å². The highest BCUT2D eigenvalue weighted by Crippen LogP contribution is 2.29. The van der Waals surface area contributed by atoms with Crippen molar-refractivity contribution in [2.24, 2.45) is 13.0 Å². The SMILES string of the molecule is CC1CC(C(=O)O)CC(C)N1Cc1nnc(-c2ccc(Cl)cc2)n1C. The Hall–Kier alpha value is -1.92. The molecule has 2 unspecified atom stereocenters. The monoisotopic (exact) mass is 362 g/mol. The number of rotatable bonds is 4. The van der Waals surface area contributed by atoms with Crippen molar-refractivity contribution in [3.05, 3.63) is 35.1 Å². The van der Waals surface area contributed by atoms with E-state index in [0.717, 1.165) is 17.2 Å². The summed E-state index contributed by atoms with van der Waals surface area (Å²) in [7, 11) is 1.96. The van der Waals surface area contributed by atoms with Gasteiger partial charge < -0.3 is 9.67 Å². The lowest BCUT2D eigenvalue weighted by Gasteiger charge is -2.41. The average molecular weight is 363 g/mol. The molecule has 0 aliphatic carbocycles. The second kappa shape index (κ2) is 7.14. The minimum atomic E-state index is -0.693. The Balaban J connectivity index is 1.77. The maximum Gasteiger partial charge on any atom is 0.306 e. The highest BCUT2D eigenvalue weighted by Gasteiger charge is 2.35. The van der Waals surface area contributed by atoms with E-state index in [0.29, 0.717) is 24.4 Å². The smallest absolute Gasteiger partial charge is 0.306 e. The van der Waals surface area contributed by atoms with Crippen molar-refractivity contribution in [2.75, 3.05) is 0 Å². The first-order chi connectivity index (χ1) is 11.9. The van der Waals surface area contributed by atoms with Gasteiger partial charge in [-0.3, -0.25) is 9.69 Å². The van der Waals surface area contributed by atoms with Crippen LogP contribution in [0.4, 0.5) is 0 Å². The Bertz CT molecular complexity index is 747. The van der Waals surface area contributed by atoms with Gasteiger partial charge in [0.1, 0.15) is 5.82 Å². The molecule has 2 aromatic rings. The Kier molecular flexibility index (Phi) is 5.11. The van der Waals surface area contributed by atoms with Gasteiger partial charge in [-0.05, 0) is 51.0 Å². The second-order valence-corrected chi connectivity index (χ2v) is 7.32. The number of aliphatic carboxylic acids is 1. The molecular weight excluding hydrogens is 340 g/mol. The summed E-state index contributed by atoms with van der Waals surface area (Å²) in [6.07, 6.45) is 1.34. The van der Waals surface area contributed by atoms with Crippen LogP contribution in [0.2, 0.25) is 5.02 Å². The molecule has 0 amide bonds. The summed E-state index contributed by atoms with van der Waals surface area (Å²) in [5, 5.41) is 18.7. The Morgan fingerprint density at radius 1 is 1.20 bits per heavy atom. The third-order valence-electron chi connectivity index (χ3n) is 5.12. The summed E-state index contributed by atoms with van der Waals surface area (Å²) in [6, 6.07) is 7.93. The van der Waals surface area contributed by atoms with E-state index in [1.807, 2.05) is 35.9 Å². The molecule has 134 valence electrons. The summed E-state index contributed by atoms with van der Waals surface area (Å²) in [6.45, 7) is 4.83. The summed E-state index contributed by atoms with van der Waals surface area (Å²) < 4.78 is 1.99. The van der Waals surface area contributed by atoms with E-state index in [4.69, 9.17) is 11.6 Å². The third kappa shape index (κ3) is 3.70. The highest BCUT2D eigenvalue weighted by molar-refractivity contribution is 6.30. The molecule has 2 atom stereocenters. The van der Waals surface area contributed by atoms with Crippen LogP contribution in [-0.4, -0.2) is 42.8 Å². The molecule has 1 saturated heterocycles. The van der Waals surface area contributed by atoms with Crippen molar-refractivity contribution in [3.8, 4) is 11.4 Å². The van der Waals surface area contributed by atoms with Gasteiger partial charge in [0.25, 0.3) is 0 Å². The maximum atomic E-state index is 11.3. The Morgan fingerprint density at radius 2 is 1.80 bits per heavy atom. The minimum Gasteiger partial charge on any atom is -0.481 e. The number of nitrogens with zero attached hydrogens (tertiary/aromatic N) is 4. The molecule has 0 bridgehead atoms. The van der Waals surface area contributed by atoms with Gasteiger partial charge in [0.2, 0.25) is 0 Å². The van der Waals surface area contributed by atoms with E-state index in [2.05, 4.69) is 28.9 Å². The topological polar surface area (TPSA) is 71.2 Å². The number of aromatic nitrogens is 3. The van der Waals surface area contributed by atoms with E-state index in [1.54, 1.807) is 0 Å². The van der Waals surface area contributed by atoms with Crippen LogP contribution >= 0.6 is 11.6 Å². The minimum absolute atomic E-state index is 0.195. The summed E-state index contributed by atoms with van der Waals surface area (Å²) >= 11 is 5.95. The second-order valence-electron chi connectivity index (χ2n) is 6.88. The van der Waals surface area contributed by atoms with E-state index in [1.165, 1.54) is 0 Å². The molecule has 1 fully saturated rings. The molecule has 0 radical (unpaired) electrons. The number of piperidine rings is 1. The van der Waals surface area contributed by atoms with Crippen molar-refractivity contribution in [3.63, 3.8) is 0 Å². The number of carbonyl (C=O) groups is 1. The van der Waals surface area contributed by atoms with Gasteiger partial charge >= 0.3 is 5.97 Å². The predicted octanol–water partition coefficient (Wildman–Crippen LogP) is 3.21. The van der Waals surface area contributed by atoms with Gasteiger partial charge in [0, 0.05) is 29.7 Å². The van der Waals surface area contributed by atoms with Gasteiger partial charge in [0.05, 0.1) is 12.5 Å². The van der Waals surface area contributed by atoms with Crippen LogP contribution in [0.25, 0.3) is 11.4 Å². The fourth-order valence-corrected chi connectivity index (χ4v) is 3.78. The predicted molar refractivity (Wildman–Crippen MR) is 96.3 cm³/mol. The molecule has 1 aromatic carbocycles. The maximum absolute atomic E-state index is 11.3. The quantitative estimate of drug-likeness (QED) is 0.904. The van der Waals surface area contributed by atoms with Crippen LogP contribution in [0.3, 0.4) is 0 Å². The fraction of sp³-hybridized carbons (Fsp3) is 0.500. The lowest BCUT2D eigenvalue weighted by Crippen LogP contribution is -2.47. The largest absolute Gasteiger partial charge is 0.481 e. The number of likely N-dealkylation sites (tertiary alicyclic amines) is 1. The Labute approximate surface area is 152 Å². The van der Waals surface area contributed by atoms with Crippen LogP contribution in [0.15, 0.2) is 24.3 Å². The molecular formula is C18H23ClN4O2.